The van der Waals surface area contributed by atoms with Crippen LogP contribution >= 0.6 is 0 Å². The maximum absolute atomic E-state index is 11.6. The zero-order valence-corrected chi connectivity index (χ0v) is 10.7. The maximum Gasteiger partial charge on any atom is 0.337 e. The van der Waals surface area contributed by atoms with Gasteiger partial charge in [0.15, 0.2) is 0 Å². The minimum absolute atomic E-state index is 0.0918. The van der Waals surface area contributed by atoms with E-state index in [2.05, 4.69) is 9.97 Å². The molecule has 0 bridgehead atoms. The first kappa shape index (κ1) is 13.0. The van der Waals surface area contributed by atoms with Crippen LogP contribution in [0.25, 0.3) is 11.3 Å². The van der Waals surface area contributed by atoms with Gasteiger partial charge in [0.05, 0.1) is 11.3 Å². The van der Waals surface area contributed by atoms with Crippen LogP contribution in [0.5, 0.6) is 0 Å². The Labute approximate surface area is 110 Å². The molecule has 0 atom stereocenters. The third kappa shape index (κ3) is 2.54. The molecule has 2 heterocycles. The van der Waals surface area contributed by atoms with Crippen LogP contribution in [-0.2, 0) is 6.42 Å². The molecule has 0 aliphatic carbocycles. The lowest BCUT2D eigenvalue weighted by Crippen LogP contribution is -2.13. The summed E-state index contributed by atoms with van der Waals surface area (Å²) < 4.78 is 0. The quantitative estimate of drug-likeness (QED) is 0.882. The van der Waals surface area contributed by atoms with Gasteiger partial charge in [-0.15, -0.1) is 0 Å². The average Bonchev–Trinajstić information content (AvgIpc) is 2.39. The fraction of sp³-hybridized carbons (Fsp3) is 0.214. The van der Waals surface area contributed by atoms with Gasteiger partial charge in [-0.25, -0.2) is 4.79 Å². The topological polar surface area (TPSA) is 83.0 Å². The number of nitrogens with one attached hydrogen (secondary N) is 1. The molecule has 2 aromatic rings. The van der Waals surface area contributed by atoms with Gasteiger partial charge in [-0.2, -0.15) is 0 Å². The van der Waals surface area contributed by atoms with Crippen LogP contribution in [0.1, 0.15) is 28.5 Å². The predicted octanol–water partition coefficient (Wildman–Crippen LogP) is 2.01. The first-order valence-corrected chi connectivity index (χ1v) is 5.95. The van der Waals surface area contributed by atoms with Crippen LogP contribution in [0.2, 0.25) is 0 Å². The molecule has 0 radical (unpaired) electrons. The second-order valence-corrected chi connectivity index (χ2v) is 4.25. The number of H-pyrrole nitrogens is 1. The first-order chi connectivity index (χ1) is 9.02. The number of hydrogen-bond acceptors (Lipinski definition) is 3. The molecule has 5 heteroatoms. The van der Waals surface area contributed by atoms with Crippen molar-refractivity contribution in [2.24, 2.45) is 0 Å². The molecule has 0 saturated carbocycles. The Morgan fingerprint density at radius 2 is 2.16 bits per heavy atom. The van der Waals surface area contributed by atoms with Gasteiger partial charge in [-0.3, -0.25) is 9.78 Å². The van der Waals surface area contributed by atoms with E-state index in [0.29, 0.717) is 17.7 Å². The summed E-state index contributed by atoms with van der Waals surface area (Å²) in [5.74, 6) is -1.01. The number of pyridine rings is 2. The number of carboxylic acid groups (broad SMARTS) is 1. The van der Waals surface area contributed by atoms with Crippen LogP contribution < -0.4 is 5.56 Å². The average molecular weight is 258 g/mol. The summed E-state index contributed by atoms with van der Waals surface area (Å²) in [6, 6.07) is 4.95. The van der Waals surface area contributed by atoms with Gasteiger partial charge in [0.1, 0.15) is 0 Å². The van der Waals surface area contributed by atoms with Crippen molar-refractivity contribution in [2.75, 3.05) is 0 Å². The van der Waals surface area contributed by atoms with E-state index in [0.717, 1.165) is 11.3 Å². The Kier molecular flexibility index (Phi) is 3.46. The molecule has 0 amide bonds. The second-order valence-electron chi connectivity index (χ2n) is 4.25. The summed E-state index contributed by atoms with van der Waals surface area (Å²) in [5, 5.41) is 8.83. The summed E-state index contributed by atoms with van der Waals surface area (Å²) in [5.41, 5.74) is 2.91. The Hall–Kier alpha value is -2.43. The van der Waals surface area contributed by atoms with E-state index in [1.54, 1.807) is 19.1 Å². The molecule has 2 aromatic heterocycles. The molecule has 5 nitrogen and oxygen atoms in total. The summed E-state index contributed by atoms with van der Waals surface area (Å²) in [7, 11) is 0. The van der Waals surface area contributed by atoms with Crippen LogP contribution in [0, 0.1) is 6.92 Å². The summed E-state index contributed by atoms with van der Waals surface area (Å²) >= 11 is 0. The summed E-state index contributed by atoms with van der Waals surface area (Å²) in [6.07, 6.45) is 1.95. The van der Waals surface area contributed by atoms with E-state index in [1.165, 1.54) is 12.3 Å². The fourth-order valence-corrected chi connectivity index (χ4v) is 1.87. The van der Waals surface area contributed by atoms with Gasteiger partial charge in [-0.1, -0.05) is 6.92 Å². The number of carbonyl (C=O) groups is 1. The normalized spacial score (nSPS) is 10.4. The van der Waals surface area contributed by atoms with Gasteiger partial charge >= 0.3 is 5.97 Å². The summed E-state index contributed by atoms with van der Waals surface area (Å²) in [6.45, 7) is 3.70. The van der Waals surface area contributed by atoms with Crippen molar-refractivity contribution in [3.63, 3.8) is 0 Å². The fourth-order valence-electron chi connectivity index (χ4n) is 1.87. The van der Waals surface area contributed by atoms with Crippen LogP contribution in [0.15, 0.2) is 29.2 Å². The molecule has 98 valence electrons. The van der Waals surface area contributed by atoms with Gasteiger partial charge < -0.3 is 10.1 Å². The lowest BCUT2D eigenvalue weighted by molar-refractivity contribution is 0.0696. The van der Waals surface area contributed by atoms with Crippen molar-refractivity contribution in [3.05, 3.63) is 51.6 Å². The number of aromatic amines is 1. The van der Waals surface area contributed by atoms with Crippen molar-refractivity contribution >= 4 is 5.97 Å². The zero-order chi connectivity index (χ0) is 14.0. The van der Waals surface area contributed by atoms with E-state index < -0.39 is 5.97 Å². The standard InChI is InChI=1S/C14H14N2O3/c1-3-9-6-11(8(2)16-13(9)17)12-5-4-10(7-15-12)14(18)19/h4-7H,3H2,1-2H3,(H,16,17)(H,18,19). The summed E-state index contributed by atoms with van der Waals surface area (Å²) in [4.78, 5) is 29.3. The number of aromatic nitrogens is 2. The highest BCUT2D eigenvalue weighted by Gasteiger charge is 2.09. The molecule has 0 saturated heterocycles. The number of nitrogens with zero attached hydrogens (tertiary/aromatic N) is 1. The van der Waals surface area contributed by atoms with Crippen molar-refractivity contribution in [1.29, 1.82) is 0 Å². The molecule has 0 aliphatic heterocycles. The molecule has 2 N–H and O–H groups in total. The minimum Gasteiger partial charge on any atom is -0.478 e. The van der Waals surface area contributed by atoms with Crippen LogP contribution in [0.3, 0.4) is 0 Å². The largest absolute Gasteiger partial charge is 0.478 e. The SMILES string of the molecule is CCc1cc(-c2ccc(C(=O)O)cn2)c(C)[nH]c1=O. The molecule has 0 spiro atoms. The molecular weight excluding hydrogens is 244 g/mol. The smallest absolute Gasteiger partial charge is 0.337 e. The van der Waals surface area contributed by atoms with Gasteiger partial charge in [0.25, 0.3) is 5.56 Å². The van der Waals surface area contributed by atoms with E-state index in [9.17, 15) is 9.59 Å². The lowest BCUT2D eigenvalue weighted by atomic mass is 10.1. The number of rotatable bonds is 3. The molecule has 0 aliphatic rings. The van der Waals surface area contributed by atoms with E-state index >= 15 is 0 Å². The van der Waals surface area contributed by atoms with E-state index in [-0.39, 0.29) is 11.1 Å². The predicted molar refractivity (Wildman–Crippen MR) is 71.4 cm³/mol. The van der Waals surface area contributed by atoms with Crippen molar-refractivity contribution < 1.29 is 9.90 Å². The number of hydrogen-bond donors (Lipinski definition) is 2. The third-order valence-electron chi connectivity index (χ3n) is 2.98. The van der Waals surface area contributed by atoms with Crippen molar-refractivity contribution in [3.8, 4) is 11.3 Å². The van der Waals surface area contributed by atoms with Crippen LogP contribution in [-0.4, -0.2) is 21.0 Å². The third-order valence-corrected chi connectivity index (χ3v) is 2.98. The highest BCUT2D eigenvalue weighted by atomic mass is 16.4. The number of aromatic carboxylic acids is 1. The van der Waals surface area contributed by atoms with Crippen molar-refractivity contribution in [2.45, 2.75) is 20.3 Å². The van der Waals surface area contributed by atoms with Gasteiger partial charge in [0, 0.05) is 23.0 Å². The molecule has 0 unspecified atom stereocenters. The minimum atomic E-state index is -1.01. The Morgan fingerprint density at radius 1 is 1.42 bits per heavy atom. The highest BCUT2D eigenvalue weighted by Crippen LogP contribution is 2.20. The van der Waals surface area contributed by atoms with E-state index in [1.807, 2.05) is 6.92 Å². The highest BCUT2D eigenvalue weighted by molar-refractivity contribution is 5.87. The Bertz CT molecular complexity index is 672. The first-order valence-electron chi connectivity index (χ1n) is 5.95. The number of aryl methyl sites for hydroxylation is 2. The number of carboxylic acids is 1. The Morgan fingerprint density at radius 3 is 2.68 bits per heavy atom. The van der Waals surface area contributed by atoms with Crippen molar-refractivity contribution in [1.82, 2.24) is 9.97 Å². The molecule has 19 heavy (non-hydrogen) atoms. The molecule has 0 fully saturated rings. The lowest BCUT2D eigenvalue weighted by Gasteiger charge is -2.07. The second kappa shape index (κ2) is 5.06. The maximum atomic E-state index is 11.6. The molecule has 0 aromatic carbocycles. The monoisotopic (exact) mass is 258 g/mol. The Balaban J connectivity index is 2.52. The zero-order valence-electron chi connectivity index (χ0n) is 10.7. The van der Waals surface area contributed by atoms with Crippen LogP contribution in [0.4, 0.5) is 0 Å². The molecule has 2 rings (SSSR count). The van der Waals surface area contributed by atoms with Gasteiger partial charge in [-0.05, 0) is 31.5 Å². The van der Waals surface area contributed by atoms with E-state index in [4.69, 9.17) is 5.11 Å². The van der Waals surface area contributed by atoms with Gasteiger partial charge in [0.2, 0.25) is 0 Å². The molecular formula is C14H14N2O3.